The van der Waals surface area contributed by atoms with Crippen LogP contribution in [0.2, 0.25) is 0 Å². The molecule has 6 nitrogen and oxygen atoms in total. The molecule has 128 valence electrons. The van der Waals surface area contributed by atoms with Crippen LogP contribution in [-0.2, 0) is 0 Å². The van der Waals surface area contributed by atoms with Crippen molar-refractivity contribution >= 4 is 18.4 Å². The van der Waals surface area contributed by atoms with E-state index in [-0.39, 0.29) is 16.2 Å². The molecule has 0 aliphatic heterocycles. The van der Waals surface area contributed by atoms with E-state index in [0.717, 1.165) is 17.7 Å². The van der Waals surface area contributed by atoms with Gasteiger partial charge in [0.05, 0.1) is 32.9 Å². The molecule has 0 aliphatic carbocycles. The highest BCUT2D eigenvalue weighted by atomic mass is 32.1. The van der Waals surface area contributed by atoms with Gasteiger partial charge in [-0.25, -0.2) is 0 Å². The fourth-order valence-electron chi connectivity index (χ4n) is 2.42. The van der Waals surface area contributed by atoms with Gasteiger partial charge in [-0.2, -0.15) is 0 Å². The molecule has 0 bridgehead atoms. The molecule has 0 radical (unpaired) electrons. The number of hydrogen-bond donors (Lipinski definition) is 3. The summed E-state index contributed by atoms with van der Waals surface area (Å²) in [6.45, 7) is 5.34. The molecule has 2 rings (SSSR count). The molecule has 0 spiro atoms. The van der Waals surface area contributed by atoms with Gasteiger partial charge >= 0.3 is 0 Å². The number of benzene rings is 1. The van der Waals surface area contributed by atoms with Crippen LogP contribution >= 0.6 is 12.2 Å². The van der Waals surface area contributed by atoms with E-state index in [2.05, 4.69) is 9.98 Å². The molecular weight excluding hydrogens is 324 g/mol. The van der Waals surface area contributed by atoms with Crippen LogP contribution in [0, 0.1) is 18.6 Å². The molecule has 0 atom stereocenters. The quantitative estimate of drug-likeness (QED) is 0.553. The Morgan fingerprint density at radius 2 is 1.92 bits per heavy atom. The predicted molar refractivity (Wildman–Crippen MR) is 98.5 cm³/mol. The Bertz CT molecular complexity index is 861. The number of quaternary nitrogens is 1. The number of aryl methyl sites for hydroxylation is 2. The number of aromatic nitrogens is 2. The van der Waals surface area contributed by atoms with E-state index in [1.807, 2.05) is 46.1 Å². The average molecular weight is 347 g/mol. The Hall–Kier alpha value is -2.25. The summed E-state index contributed by atoms with van der Waals surface area (Å²) in [5.74, 6) is -0.199. The second kappa shape index (κ2) is 7.55. The van der Waals surface area contributed by atoms with Crippen LogP contribution in [0.3, 0.4) is 0 Å². The molecular formula is C17H23N4O2S+. The monoisotopic (exact) mass is 347 g/mol. The zero-order chi connectivity index (χ0) is 17.9. The molecule has 1 aromatic carbocycles. The number of aromatic hydroxyl groups is 1. The number of hydrogen-bond acceptors (Lipinski definition) is 4. The Kier molecular flexibility index (Phi) is 5.69. The zero-order valence-corrected chi connectivity index (χ0v) is 15.2. The average Bonchev–Trinajstić information content (AvgIpc) is 2.44. The maximum absolute atomic E-state index is 12.1. The van der Waals surface area contributed by atoms with E-state index >= 15 is 0 Å². The first-order valence-electron chi connectivity index (χ1n) is 7.75. The van der Waals surface area contributed by atoms with Crippen molar-refractivity contribution in [3.8, 4) is 11.6 Å². The normalized spacial score (nSPS) is 11.5. The predicted octanol–water partition coefficient (Wildman–Crippen LogP) is 0.781. The molecule has 0 unspecified atom stereocenters. The summed E-state index contributed by atoms with van der Waals surface area (Å²) in [6.07, 6.45) is 1.41. The summed E-state index contributed by atoms with van der Waals surface area (Å²) < 4.78 is 1.60. The van der Waals surface area contributed by atoms with Gasteiger partial charge in [-0.15, -0.1) is 0 Å². The van der Waals surface area contributed by atoms with Gasteiger partial charge in [0, 0.05) is 6.21 Å². The van der Waals surface area contributed by atoms with Gasteiger partial charge in [-0.1, -0.05) is 6.07 Å². The zero-order valence-electron chi connectivity index (χ0n) is 14.4. The Labute approximate surface area is 146 Å². The Morgan fingerprint density at radius 1 is 1.29 bits per heavy atom. The first-order chi connectivity index (χ1) is 11.3. The number of aliphatic imine (C=N–C) groups is 1. The number of H-pyrrole nitrogens is 1. The molecule has 1 aromatic heterocycles. The third-order valence-electron chi connectivity index (χ3n) is 3.55. The highest BCUT2D eigenvalue weighted by molar-refractivity contribution is 7.71. The van der Waals surface area contributed by atoms with Crippen LogP contribution in [0.1, 0.15) is 16.7 Å². The number of nitrogens with zero attached hydrogens (tertiary/aromatic N) is 2. The lowest BCUT2D eigenvalue weighted by atomic mass is 10.1. The van der Waals surface area contributed by atoms with Gasteiger partial charge in [-0.3, -0.25) is 19.3 Å². The van der Waals surface area contributed by atoms with E-state index < -0.39 is 5.56 Å². The summed E-state index contributed by atoms with van der Waals surface area (Å²) in [6, 6.07) is 5.83. The van der Waals surface area contributed by atoms with Crippen molar-refractivity contribution in [2.24, 2.45) is 4.99 Å². The highest BCUT2D eigenvalue weighted by Crippen LogP contribution is 2.20. The minimum absolute atomic E-state index is 0.108. The first-order valence-corrected chi connectivity index (χ1v) is 8.16. The molecule has 2 aromatic rings. The number of nitrogens with one attached hydrogen (secondary N) is 2. The molecule has 0 amide bonds. The first kappa shape index (κ1) is 18.1. The van der Waals surface area contributed by atoms with E-state index in [1.165, 1.54) is 15.7 Å². The number of likely N-dealkylation sites (N-methyl/N-ethyl adjacent to an activating group) is 1. The lowest BCUT2D eigenvalue weighted by Crippen LogP contribution is -3.06. The lowest BCUT2D eigenvalue weighted by molar-refractivity contribution is -0.856. The van der Waals surface area contributed by atoms with Crippen LogP contribution in [0.5, 0.6) is 5.88 Å². The SMILES string of the molecule is Cc1cc(C)cc(-n2c(O)c(C=NCC[NH+](C)C)c(=O)[nH]c2=S)c1. The van der Waals surface area contributed by atoms with Crippen molar-refractivity contribution in [1.29, 1.82) is 0 Å². The minimum atomic E-state index is -0.445. The van der Waals surface area contributed by atoms with E-state index in [0.29, 0.717) is 12.2 Å². The molecule has 0 saturated heterocycles. The van der Waals surface area contributed by atoms with Gasteiger partial charge in [-0.05, 0) is 49.3 Å². The lowest BCUT2D eigenvalue weighted by Gasteiger charge is -2.12. The van der Waals surface area contributed by atoms with Crippen molar-refractivity contribution in [2.75, 3.05) is 27.2 Å². The fourth-order valence-corrected chi connectivity index (χ4v) is 2.70. The highest BCUT2D eigenvalue weighted by Gasteiger charge is 2.13. The summed E-state index contributed by atoms with van der Waals surface area (Å²) in [5.41, 5.74) is 2.46. The van der Waals surface area contributed by atoms with Crippen LogP contribution < -0.4 is 10.5 Å². The number of aromatic amines is 1. The summed E-state index contributed by atoms with van der Waals surface area (Å²) in [7, 11) is 4.06. The van der Waals surface area contributed by atoms with E-state index in [9.17, 15) is 9.90 Å². The van der Waals surface area contributed by atoms with Crippen molar-refractivity contribution in [3.63, 3.8) is 0 Å². The minimum Gasteiger partial charge on any atom is -0.494 e. The van der Waals surface area contributed by atoms with Crippen LogP contribution in [0.15, 0.2) is 28.0 Å². The second-order valence-corrected chi connectivity index (χ2v) is 6.56. The van der Waals surface area contributed by atoms with Crippen molar-refractivity contribution in [2.45, 2.75) is 13.8 Å². The Morgan fingerprint density at radius 3 is 2.50 bits per heavy atom. The third-order valence-corrected chi connectivity index (χ3v) is 3.83. The molecule has 3 N–H and O–H groups in total. The third kappa shape index (κ3) is 4.18. The van der Waals surface area contributed by atoms with Crippen LogP contribution in [0.4, 0.5) is 0 Å². The largest absolute Gasteiger partial charge is 0.494 e. The van der Waals surface area contributed by atoms with E-state index in [4.69, 9.17) is 12.2 Å². The van der Waals surface area contributed by atoms with Gasteiger partial charge in [0.2, 0.25) is 5.88 Å². The maximum Gasteiger partial charge on any atom is 0.264 e. The van der Waals surface area contributed by atoms with E-state index in [1.54, 1.807) is 0 Å². The van der Waals surface area contributed by atoms with Gasteiger partial charge in [0.15, 0.2) is 4.77 Å². The maximum atomic E-state index is 12.1. The smallest absolute Gasteiger partial charge is 0.264 e. The van der Waals surface area contributed by atoms with Crippen molar-refractivity contribution < 1.29 is 10.0 Å². The molecule has 24 heavy (non-hydrogen) atoms. The van der Waals surface area contributed by atoms with Crippen molar-refractivity contribution in [3.05, 3.63) is 50.0 Å². The molecule has 0 fully saturated rings. The standard InChI is InChI=1S/C17H22N4O2S/c1-11-7-12(2)9-13(8-11)21-16(23)14(15(22)19-17(21)24)10-18-5-6-20(3)4/h7-10,23H,5-6H2,1-4H3,(H,19,22,24)/p+1. The summed E-state index contributed by atoms with van der Waals surface area (Å²) in [5, 5.41) is 10.6. The molecule has 0 aliphatic rings. The molecule has 1 heterocycles. The van der Waals surface area contributed by atoms with Gasteiger partial charge in [0.25, 0.3) is 5.56 Å². The molecule has 0 saturated carbocycles. The van der Waals surface area contributed by atoms with Crippen LogP contribution in [-0.4, -0.2) is 48.1 Å². The fraction of sp³-hybridized carbons (Fsp3) is 0.353. The summed E-state index contributed by atoms with van der Waals surface area (Å²) in [4.78, 5) is 20.2. The topological polar surface area (TPSA) is 74.8 Å². The second-order valence-electron chi connectivity index (χ2n) is 6.17. The van der Waals surface area contributed by atoms with Gasteiger partial charge < -0.3 is 10.0 Å². The number of rotatable bonds is 5. The van der Waals surface area contributed by atoms with Gasteiger partial charge in [0.1, 0.15) is 5.56 Å². The van der Waals surface area contributed by atoms with Crippen LogP contribution in [0.25, 0.3) is 5.69 Å². The molecule has 7 heteroatoms. The summed E-state index contributed by atoms with van der Waals surface area (Å²) >= 11 is 5.22. The van der Waals surface area contributed by atoms with Crippen molar-refractivity contribution in [1.82, 2.24) is 9.55 Å². The Balaban J connectivity index is 2.52.